The first-order valence-electron chi connectivity index (χ1n) is 4.66. The van der Waals surface area contributed by atoms with Gasteiger partial charge in [0.2, 0.25) is 0 Å². The van der Waals surface area contributed by atoms with E-state index in [-0.39, 0.29) is 5.69 Å². The second-order valence-electron chi connectivity index (χ2n) is 3.41. The predicted molar refractivity (Wildman–Crippen MR) is 59.0 cm³/mol. The number of nitrogens with two attached hydrogens (primary N) is 2. The van der Waals surface area contributed by atoms with E-state index in [4.69, 9.17) is 11.5 Å². The van der Waals surface area contributed by atoms with Gasteiger partial charge in [-0.2, -0.15) is 5.10 Å². The standard InChI is InChI=1S/C10H11N5O/c1-6-5-13-9(4-7(6)11)15-3-2-8(14-15)10(12)16/h2-5H,1H3,(H2,11,13)(H2,12,16). The van der Waals surface area contributed by atoms with E-state index in [1.165, 1.54) is 10.7 Å². The van der Waals surface area contributed by atoms with Gasteiger partial charge >= 0.3 is 0 Å². The molecule has 0 aliphatic rings. The molecule has 0 atom stereocenters. The van der Waals surface area contributed by atoms with Gasteiger partial charge in [0.25, 0.3) is 5.91 Å². The lowest BCUT2D eigenvalue weighted by molar-refractivity contribution is 0.0995. The Morgan fingerprint density at radius 1 is 1.50 bits per heavy atom. The average molecular weight is 217 g/mol. The summed E-state index contributed by atoms with van der Waals surface area (Å²) in [4.78, 5) is 15.0. The zero-order valence-corrected chi connectivity index (χ0v) is 8.71. The molecule has 16 heavy (non-hydrogen) atoms. The molecule has 6 heteroatoms. The zero-order valence-electron chi connectivity index (χ0n) is 8.71. The Morgan fingerprint density at radius 3 is 2.81 bits per heavy atom. The number of pyridine rings is 1. The minimum atomic E-state index is -0.571. The first-order valence-corrected chi connectivity index (χ1v) is 4.66. The van der Waals surface area contributed by atoms with Crippen LogP contribution in [0.5, 0.6) is 0 Å². The van der Waals surface area contributed by atoms with Crippen molar-refractivity contribution in [2.45, 2.75) is 6.92 Å². The van der Waals surface area contributed by atoms with Crippen LogP contribution in [0.25, 0.3) is 5.82 Å². The van der Waals surface area contributed by atoms with Crippen molar-refractivity contribution in [2.24, 2.45) is 5.73 Å². The van der Waals surface area contributed by atoms with Gasteiger partial charge in [-0.3, -0.25) is 4.79 Å². The maximum Gasteiger partial charge on any atom is 0.269 e. The SMILES string of the molecule is Cc1cnc(-n2ccc(C(N)=O)n2)cc1N. The molecule has 0 aliphatic heterocycles. The number of anilines is 1. The number of rotatable bonds is 2. The molecule has 2 rings (SSSR count). The van der Waals surface area contributed by atoms with Crippen LogP contribution >= 0.6 is 0 Å². The molecule has 0 aromatic carbocycles. The van der Waals surface area contributed by atoms with E-state index >= 15 is 0 Å². The smallest absolute Gasteiger partial charge is 0.269 e. The molecule has 4 N–H and O–H groups in total. The Hall–Kier alpha value is -2.37. The van der Waals surface area contributed by atoms with Crippen molar-refractivity contribution in [3.63, 3.8) is 0 Å². The second-order valence-corrected chi connectivity index (χ2v) is 3.41. The van der Waals surface area contributed by atoms with Gasteiger partial charge in [0.05, 0.1) is 0 Å². The summed E-state index contributed by atoms with van der Waals surface area (Å²) in [5, 5.41) is 3.97. The number of amides is 1. The van der Waals surface area contributed by atoms with Crippen LogP contribution in [0.4, 0.5) is 5.69 Å². The van der Waals surface area contributed by atoms with Crippen LogP contribution in [0.3, 0.4) is 0 Å². The molecule has 82 valence electrons. The Morgan fingerprint density at radius 2 is 2.25 bits per heavy atom. The number of primary amides is 1. The van der Waals surface area contributed by atoms with E-state index in [1.54, 1.807) is 18.5 Å². The molecular formula is C10H11N5O. The van der Waals surface area contributed by atoms with Crippen molar-refractivity contribution in [1.82, 2.24) is 14.8 Å². The van der Waals surface area contributed by atoms with E-state index in [1.807, 2.05) is 6.92 Å². The lowest BCUT2D eigenvalue weighted by Gasteiger charge is -2.03. The molecule has 1 amide bonds. The van der Waals surface area contributed by atoms with Crippen molar-refractivity contribution in [3.05, 3.63) is 35.8 Å². The fraction of sp³-hybridized carbons (Fsp3) is 0.100. The van der Waals surface area contributed by atoms with Crippen molar-refractivity contribution in [1.29, 1.82) is 0 Å². The van der Waals surface area contributed by atoms with Crippen LogP contribution in [-0.2, 0) is 0 Å². The number of aromatic nitrogens is 3. The topological polar surface area (TPSA) is 99.8 Å². The summed E-state index contributed by atoms with van der Waals surface area (Å²) in [5.41, 5.74) is 12.6. The molecule has 6 nitrogen and oxygen atoms in total. The summed E-state index contributed by atoms with van der Waals surface area (Å²) in [6, 6.07) is 3.22. The predicted octanol–water partition coefficient (Wildman–Crippen LogP) is 0.257. The van der Waals surface area contributed by atoms with Crippen LogP contribution in [-0.4, -0.2) is 20.7 Å². The molecule has 2 heterocycles. The molecule has 0 spiro atoms. The van der Waals surface area contributed by atoms with Crippen molar-refractivity contribution < 1.29 is 4.79 Å². The van der Waals surface area contributed by atoms with E-state index < -0.39 is 5.91 Å². The number of aryl methyl sites for hydroxylation is 1. The third-order valence-electron chi connectivity index (χ3n) is 2.21. The molecule has 0 unspecified atom stereocenters. The van der Waals surface area contributed by atoms with Crippen LogP contribution in [0.2, 0.25) is 0 Å². The molecular weight excluding hydrogens is 206 g/mol. The molecule has 2 aromatic rings. The molecule has 0 radical (unpaired) electrons. The highest BCUT2D eigenvalue weighted by Gasteiger charge is 2.07. The monoisotopic (exact) mass is 217 g/mol. The molecule has 0 saturated heterocycles. The normalized spacial score (nSPS) is 10.3. The molecule has 0 aliphatic carbocycles. The van der Waals surface area contributed by atoms with Crippen molar-refractivity contribution >= 4 is 11.6 Å². The number of carbonyl (C=O) groups is 1. The fourth-order valence-electron chi connectivity index (χ4n) is 1.24. The van der Waals surface area contributed by atoms with Crippen LogP contribution in [0, 0.1) is 6.92 Å². The van der Waals surface area contributed by atoms with Gasteiger partial charge in [-0.05, 0) is 18.6 Å². The average Bonchev–Trinajstić information content (AvgIpc) is 2.71. The molecule has 2 aromatic heterocycles. The summed E-state index contributed by atoms with van der Waals surface area (Å²) >= 11 is 0. The lowest BCUT2D eigenvalue weighted by atomic mass is 10.2. The van der Waals surface area contributed by atoms with Gasteiger partial charge in [-0.1, -0.05) is 0 Å². The van der Waals surface area contributed by atoms with Crippen molar-refractivity contribution in [2.75, 3.05) is 5.73 Å². The Kier molecular flexibility index (Phi) is 2.32. The van der Waals surface area contributed by atoms with Crippen LogP contribution in [0.15, 0.2) is 24.5 Å². The van der Waals surface area contributed by atoms with Gasteiger partial charge in [0.15, 0.2) is 5.82 Å². The van der Waals surface area contributed by atoms with E-state index in [2.05, 4.69) is 10.1 Å². The highest BCUT2D eigenvalue weighted by Crippen LogP contribution is 2.13. The van der Waals surface area contributed by atoms with Gasteiger partial charge in [-0.25, -0.2) is 9.67 Å². The first kappa shape index (κ1) is 10.2. The molecule has 0 bridgehead atoms. The second kappa shape index (κ2) is 3.65. The summed E-state index contributed by atoms with van der Waals surface area (Å²) in [5.74, 6) is -0.0190. The number of hydrogen-bond acceptors (Lipinski definition) is 4. The van der Waals surface area contributed by atoms with E-state index in [0.29, 0.717) is 11.5 Å². The third-order valence-corrected chi connectivity index (χ3v) is 2.21. The van der Waals surface area contributed by atoms with E-state index in [9.17, 15) is 4.79 Å². The quantitative estimate of drug-likeness (QED) is 0.753. The summed E-state index contributed by atoms with van der Waals surface area (Å²) in [7, 11) is 0. The zero-order chi connectivity index (χ0) is 11.7. The summed E-state index contributed by atoms with van der Waals surface area (Å²) < 4.78 is 1.45. The molecule has 0 fully saturated rings. The molecule has 0 saturated carbocycles. The van der Waals surface area contributed by atoms with Gasteiger partial charge in [0, 0.05) is 24.1 Å². The van der Waals surface area contributed by atoms with Gasteiger partial charge in [0.1, 0.15) is 5.69 Å². The minimum Gasteiger partial charge on any atom is -0.398 e. The van der Waals surface area contributed by atoms with E-state index in [0.717, 1.165) is 5.56 Å². The third kappa shape index (κ3) is 1.72. The Labute approximate surface area is 91.9 Å². The van der Waals surface area contributed by atoms with Gasteiger partial charge < -0.3 is 11.5 Å². The van der Waals surface area contributed by atoms with Crippen molar-refractivity contribution in [3.8, 4) is 5.82 Å². The number of nitrogen functional groups attached to an aromatic ring is 1. The Bertz CT molecular complexity index is 546. The highest BCUT2D eigenvalue weighted by atomic mass is 16.1. The summed E-state index contributed by atoms with van der Waals surface area (Å²) in [6.07, 6.45) is 3.26. The maximum atomic E-state index is 10.9. The number of nitrogens with zero attached hydrogens (tertiary/aromatic N) is 3. The number of carbonyl (C=O) groups excluding carboxylic acids is 1. The fourth-order valence-corrected chi connectivity index (χ4v) is 1.24. The summed E-state index contributed by atoms with van der Waals surface area (Å²) in [6.45, 7) is 1.87. The highest BCUT2D eigenvalue weighted by molar-refractivity contribution is 5.90. The first-order chi connectivity index (χ1) is 7.58. The number of hydrogen-bond donors (Lipinski definition) is 2. The van der Waals surface area contributed by atoms with Crippen LogP contribution in [0.1, 0.15) is 16.1 Å². The van der Waals surface area contributed by atoms with Crippen LogP contribution < -0.4 is 11.5 Å². The maximum absolute atomic E-state index is 10.9. The Balaban J connectivity index is 2.42. The van der Waals surface area contributed by atoms with Gasteiger partial charge in [-0.15, -0.1) is 0 Å². The minimum absolute atomic E-state index is 0.195. The largest absolute Gasteiger partial charge is 0.398 e. The lowest BCUT2D eigenvalue weighted by Crippen LogP contribution is -2.12.